The van der Waals surface area contributed by atoms with Crippen LogP contribution < -0.4 is 10.5 Å². The Hall–Kier alpha value is -1.67. The molecule has 0 spiro atoms. The fraction of sp³-hybridized carbons (Fsp3) is 0.294. The van der Waals surface area contributed by atoms with Crippen molar-refractivity contribution in [1.82, 2.24) is 0 Å². The Kier molecular flexibility index (Phi) is 3.96. The van der Waals surface area contributed by atoms with E-state index < -0.39 is 0 Å². The highest BCUT2D eigenvalue weighted by Gasteiger charge is 2.20. The highest BCUT2D eigenvalue weighted by atomic mass is 35.5. The van der Waals surface area contributed by atoms with E-state index in [1.54, 1.807) is 6.07 Å². The van der Waals surface area contributed by atoms with Crippen LogP contribution >= 0.6 is 11.6 Å². The summed E-state index contributed by atoms with van der Waals surface area (Å²) in [4.78, 5) is 0. The van der Waals surface area contributed by atoms with Crippen molar-refractivity contribution in [3.8, 4) is 11.5 Å². The first-order valence-corrected chi connectivity index (χ1v) is 7.00. The zero-order chi connectivity index (χ0) is 14.9. The van der Waals surface area contributed by atoms with E-state index in [0.29, 0.717) is 16.5 Å². The van der Waals surface area contributed by atoms with Gasteiger partial charge in [0.2, 0.25) is 0 Å². The second-order valence-electron chi connectivity index (χ2n) is 6.00. The van der Waals surface area contributed by atoms with Gasteiger partial charge in [0.15, 0.2) is 5.75 Å². The lowest BCUT2D eigenvalue weighted by molar-refractivity contribution is 0.457. The van der Waals surface area contributed by atoms with Crippen LogP contribution in [0, 0.1) is 6.92 Å². The predicted molar refractivity (Wildman–Crippen MR) is 85.8 cm³/mol. The van der Waals surface area contributed by atoms with Crippen LogP contribution in [0.3, 0.4) is 0 Å². The van der Waals surface area contributed by atoms with Crippen LogP contribution in [0.1, 0.15) is 31.9 Å². The number of rotatable bonds is 2. The molecule has 2 nitrogen and oxygen atoms in total. The van der Waals surface area contributed by atoms with Crippen LogP contribution in [0.25, 0.3) is 0 Å². The molecule has 0 atom stereocenters. The summed E-state index contributed by atoms with van der Waals surface area (Å²) in [6, 6.07) is 11.6. The Bertz CT molecular complexity index is 629. The molecular weight excluding hydrogens is 270 g/mol. The van der Waals surface area contributed by atoms with Gasteiger partial charge >= 0.3 is 0 Å². The number of nitrogen functional groups attached to an aromatic ring is 1. The number of halogens is 1. The van der Waals surface area contributed by atoms with E-state index in [2.05, 4.69) is 33.8 Å². The second kappa shape index (κ2) is 5.37. The molecule has 0 aliphatic heterocycles. The molecule has 0 fully saturated rings. The molecule has 3 heteroatoms. The minimum absolute atomic E-state index is 0.00527. The number of hydrogen-bond donors (Lipinski definition) is 1. The smallest absolute Gasteiger partial charge is 0.151 e. The van der Waals surface area contributed by atoms with Crippen molar-refractivity contribution in [3.05, 3.63) is 52.5 Å². The van der Waals surface area contributed by atoms with E-state index in [1.165, 1.54) is 5.56 Å². The predicted octanol–water partition coefficient (Wildman–Crippen LogP) is 5.32. The Morgan fingerprint density at radius 2 is 1.75 bits per heavy atom. The van der Waals surface area contributed by atoms with E-state index in [-0.39, 0.29) is 5.41 Å². The molecule has 0 aliphatic rings. The first kappa shape index (κ1) is 14.7. The summed E-state index contributed by atoms with van der Waals surface area (Å²) in [5.74, 6) is 1.41. The first-order chi connectivity index (χ1) is 9.29. The van der Waals surface area contributed by atoms with Gasteiger partial charge in [0.1, 0.15) is 5.75 Å². The van der Waals surface area contributed by atoms with Crippen molar-refractivity contribution in [2.75, 3.05) is 5.73 Å². The van der Waals surface area contributed by atoms with Gasteiger partial charge in [-0.3, -0.25) is 0 Å². The zero-order valence-electron chi connectivity index (χ0n) is 12.3. The van der Waals surface area contributed by atoms with E-state index >= 15 is 0 Å². The molecule has 2 rings (SSSR count). The SMILES string of the molecule is Cc1ccc(Oc2cccc(Cl)c2N)c(C(C)(C)C)c1. The van der Waals surface area contributed by atoms with Crippen LogP contribution in [-0.4, -0.2) is 0 Å². The topological polar surface area (TPSA) is 35.2 Å². The third-order valence-corrected chi connectivity index (χ3v) is 3.51. The molecule has 0 radical (unpaired) electrons. The Balaban J connectivity index is 2.46. The van der Waals surface area contributed by atoms with Gasteiger partial charge in [0, 0.05) is 5.56 Å². The van der Waals surface area contributed by atoms with Gasteiger partial charge in [0.25, 0.3) is 0 Å². The summed E-state index contributed by atoms with van der Waals surface area (Å²) in [5.41, 5.74) is 8.78. The van der Waals surface area contributed by atoms with Gasteiger partial charge in [-0.2, -0.15) is 0 Å². The molecule has 0 bridgehead atoms. The quantitative estimate of drug-likeness (QED) is 0.759. The summed E-state index contributed by atoms with van der Waals surface area (Å²) in [6.07, 6.45) is 0. The number of benzene rings is 2. The number of para-hydroxylation sites is 1. The molecule has 0 amide bonds. The fourth-order valence-corrected chi connectivity index (χ4v) is 2.21. The Morgan fingerprint density at radius 1 is 1.05 bits per heavy atom. The number of anilines is 1. The van der Waals surface area contributed by atoms with Gasteiger partial charge in [-0.15, -0.1) is 0 Å². The zero-order valence-corrected chi connectivity index (χ0v) is 13.1. The van der Waals surface area contributed by atoms with Gasteiger partial charge in [0.05, 0.1) is 10.7 Å². The highest BCUT2D eigenvalue weighted by Crippen LogP contribution is 2.38. The molecule has 2 aromatic carbocycles. The molecule has 0 aromatic heterocycles. The molecule has 2 N–H and O–H groups in total. The molecular formula is C17H20ClNO. The van der Waals surface area contributed by atoms with Gasteiger partial charge in [-0.25, -0.2) is 0 Å². The van der Waals surface area contributed by atoms with Gasteiger partial charge in [-0.05, 0) is 30.5 Å². The van der Waals surface area contributed by atoms with Crippen molar-refractivity contribution in [2.45, 2.75) is 33.1 Å². The summed E-state index contributed by atoms with van der Waals surface area (Å²) >= 11 is 6.03. The third-order valence-electron chi connectivity index (χ3n) is 3.18. The van der Waals surface area contributed by atoms with Crippen molar-refractivity contribution in [3.63, 3.8) is 0 Å². The van der Waals surface area contributed by atoms with E-state index in [1.807, 2.05) is 24.3 Å². The highest BCUT2D eigenvalue weighted by molar-refractivity contribution is 6.33. The largest absolute Gasteiger partial charge is 0.455 e. The normalized spacial score (nSPS) is 11.4. The lowest BCUT2D eigenvalue weighted by atomic mass is 9.85. The summed E-state index contributed by atoms with van der Waals surface area (Å²) in [7, 11) is 0. The van der Waals surface area contributed by atoms with Gasteiger partial charge < -0.3 is 10.5 Å². The Morgan fingerprint density at radius 3 is 2.40 bits per heavy atom. The standard InChI is InChI=1S/C17H20ClNO/c1-11-8-9-14(12(10-11)17(2,3)4)20-15-7-5-6-13(18)16(15)19/h5-10H,19H2,1-4H3. The van der Waals surface area contributed by atoms with Crippen molar-refractivity contribution in [1.29, 1.82) is 0 Å². The lowest BCUT2D eigenvalue weighted by Crippen LogP contribution is -2.13. The second-order valence-corrected chi connectivity index (χ2v) is 6.41. The molecule has 0 heterocycles. The molecule has 0 saturated carbocycles. The van der Waals surface area contributed by atoms with Crippen LogP contribution in [0.5, 0.6) is 11.5 Å². The minimum Gasteiger partial charge on any atom is -0.455 e. The fourth-order valence-electron chi connectivity index (χ4n) is 2.04. The van der Waals surface area contributed by atoms with Crippen LogP contribution in [0.4, 0.5) is 5.69 Å². The molecule has 106 valence electrons. The molecule has 0 saturated heterocycles. The number of hydrogen-bond acceptors (Lipinski definition) is 2. The number of aryl methyl sites for hydroxylation is 1. The van der Waals surface area contributed by atoms with Crippen LogP contribution in [0.15, 0.2) is 36.4 Å². The van der Waals surface area contributed by atoms with Crippen LogP contribution in [0.2, 0.25) is 5.02 Å². The molecule has 0 unspecified atom stereocenters. The first-order valence-electron chi connectivity index (χ1n) is 6.62. The maximum absolute atomic E-state index is 6.03. The minimum atomic E-state index is -0.00527. The number of ether oxygens (including phenoxy) is 1. The van der Waals surface area contributed by atoms with E-state index in [9.17, 15) is 0 Å². The van der Waals surface area contributed by atoms with Crippen LogP contribution in [-0.2, 0) is 5.41 Å². The van der Waals surface area contributed by atoms with Crippen molar-refractivity contribution < 1.29 is 4.74 Å². The molecule has 20 heavy (non-hydrogen) atoms. The van der Waals surface area contributed by atoms with Crippen molar-refractivity contribution in [2.24, 2.45) is 0 Å². The summed E-state index contributed by atoms with van der Waals surface area (Å²) < 4.78 is 5.99. The molecule has 2 aromatic rings. The van der Waals surface area contributed by atoms with E-state index in [4.69, 9.17) is 22.1 Å². The summed E-state index contributed by atoms with van der Waals surface area (Å²) in [5, 5.41) is 0.506. The molecule has 0 aliphatic carbocycles. The summed E-state index contributed by atoms with van der Waals surface area (Å²) in [6.45, 7) is 8.56. The monoisotopic (exact) mass is 289 g/mol. The lowest BCUT2D eigenvalue weighted by Gasteiger charge is -2.23. The van der Waals surface area contributed by atoms with E-state index in [0.717, 1.165) is 11.3 Å². The number of nitrogens with two attached hydrogens (primary N) is 1. The maximum Gasteiger partial charge on any atom is 0.151 e. The average Bonchev–Trinajstić information content (AvgIpc) is 2.36. The third kappa shape index (κ3) is 3.07. The maximum atomic E-state index is 6.03. The van der Waals surface area contributed by atoms with Crippen molar-refractivity contribution >= 4 is 17.3 Å². The average molecular weight is 290 g/mol. The van der Waals surface area contributed by atoms with Gasteiger partial charge in [-0.1, -0.05) is 56.1 Å². The Labute approximate surface area is 125 Å².